The van der Waals surface area contributed by atoms with Crippen molar-refractivity contribution in [1.29, 1.82) is 0 Å². The highest BCUT2D eigenvalue weighted by Crippen LogP contribution is 2.43. The first-order valence-electron chi connectivity index (χ1n) is 11.8. The maximum Gasteiger partial charge on any atom is 0.411 e. The highest BCUT2D eigenvalue weighted by molar-refractivity contribution is 7.22. The van der Waals surface area contributed by atoms with E-state index in [0.29, 0.717) is 53.8 Å². The SMILES string of the molecule is Cc1ncc(NC(=O)OC[C@H]2Cc3c(c(F)cc4nc(-c5cc(Cl)cc6cc(OC(F)F)cnc56)sc34)O2)cn1. The molecule has 1 amide bonds. The van der Waals surface area contributed by atoms with E-state index in [0.717, 1.165) is 0 Å². The summed E-state index contributed by atoms with van der Waals surface area (Å²) in [6.45, 7) is -1.39. The van der Waals surface area contributed by atoms with Crippen LogP contribution in [0.2, 0.25) is 5.02 Å². The van der Waals surface area contributed by atoms with E-state index in [1.807, 2.05) is 0 Å². The van der Waals surface area contributed by atoms with Crippen LogP contribution in [0.15, 0.2) is 42.9 Å². The number of halogens is 4. The van der Waals surface area contributed by atoms with Gasteiger partial charge in [-0.2, -0.15) is 8.78 Å². The summed E-state index contributed by atoms with van der Waals surface area (Å²) in [6, 6.07) is 5.92. The fraction of sp³-hybridized carbons (Fsp3) is 0.192. The number of aromatic nitrogens is 4. The van der Waals surface area contributed by atoms with Crippen LogP contribution in [0, 0.1) is 12.7 Å². The molecule has 1 aliphatic heterocycles. The van der Waals surface area contributed by atoms with Crippen molar-refractivity contribution in [3.05, 3.63) is 65.1 Å². The molecule has 0 aliphatic carbocycles. The van der Waals surface area contributed by atoms with Gasteiger partial charge in [-0.25, -0.2) is 24.1 Å². The lowest BCUT2D eigenvalue weighted by Gasteiger charge is -2.12. The fourth-order valence-corrected chi connectivity index (χ4v) is 5.68. The molecule has 0 radical (unpaired) electrons. The highest BCUT2D eigenvalue weighted by atomic mass is 35.5. The van der Waals surface area contributed by atoms with Crippen molar-refractivity contribution in [2.24, 2.45) is 0 Å². The molecule has 0 saturated carbocycles. The molecule has 1 aliphatic rings. The Kier molecular flexibility index (Phi) is 6.76. The molecule has 204 valence electrons. The molecule has 6 rings (SSSR count). The van der Waals surface area contributed by atoms with Crippen LogP contribution in [-0.4, -0.2) is 45.4 Å². The van der Waals surface area contributed by atoms with E-state index in [1.54, 1.807) is 19.1 Å². The van der Waals surface area contributed by atoms with Crippen molar-refractivity contribution < 1.29 is 32.2 Å². The number of fused-ring (bicyclic) bond motifs is 4. The number of aryl methyl sites for hydroxylation is 1. The van der Waals surface area contributed by atoms with Crippen LogP contribution >= 0.6 is 22.9 Å². The number of hydrogen-bond acceptors (Lipinski definition) is 9. The number of amides is 1. The number of carbonyl (C=O) groups excluding carboxylic acids is 1. The largest absolute Gasteiger partial charge is 0.483 e. The number of pyridine rings is 1. The zero-order chi connectivity index (χ0) is 28.0. The average Bonchev–Trinajstić information content (AvgIpc) is 3.52. The zero-order valence-corrected chi connectivity index (χ0v) is 22.0. The van der Waals surface area contributed by atoms with Gasteiger partial charge < -0.3 is 14.2 Å². The van der Waals surface area contributed by atoms with Gasteiger partial charge in [0.2, 0.25) is 0 Å². The van der Waals surface area contributed by atoms with Crippen molar-refractivity contribution in [1.82, 2.24) is 19.9 Å². The van der Waals surface area contributed by atoms with Gasteiger partial charge in [0.05, 0.1) is 40.0 Å². The van der Waals surface area contributed by atoms with E-state index in [1.165, 1.54) is 42.1 Å². The van der Waals surface area contributed by atoms with Gasteiger partial charge >= 0.3 is 12.7 Å². The zero-order valence-electron chi connectivity index (χ0n) is 20.5. The van der Waals surface area contributed by atoms with Crippen LogP contribution in [0.4, 0.5) is 23.7 Å². The molecule has 0 saturated heterocycles. The number of nitrogens with zero attached hydrogens (tertiary/aromatic N) is 4. The summed E-state index contributed by atoms with van der Waals surface area (Å²) >= 11 is 7.60. The summed E-state index contributed by atoms with van der Waals surface area (Å²) in [5, 5.41) is 3.84. The molecule has 0 bridgehead atoms. The third kappa shape index (κ3) is 5.17. The number of nitrogens with one attached hydrogen (secondary N) is 1. The monoisotopic (exact) mass is 587 g/mol. The van der Waals surface area contributed by atoms with Gasteiger partial charge in [-0.15, -0.1) is 11.3 Å². The molecule has 9 nitrogen and oxygen atoms in total. The summed E-state index contributed by atoms with van der Waals surface area (Å²) in [7, 11) is 0. The lowest BCUT2D eigenvalue weighted by Crippen LogP contribution is -2.25. The summed E-state index contributed by atoms with van der Waals surface area (Å²) in [5.41, 5.74) is 2.40. The molecule has 40 heavy (non-hydrogen) atoms. The number of alkyl halides is 2. The smallest absolute Gasteiger partial charge is 0.411 e. The number of thiazole rings is 1. The number of anilines is 1. The predicted molar refractivity (Wildman–Crippen MR) is 142 cm³/mol. The van der Waals surface area contributed by atoms with Gasteiger partial charge in [0.1, 0.15) is 29.3 Å². The predicted octanol–water partition coefficient (Wildman–Crippen LogP) is 6.56. The minimum absolute atomic E-state index is 0.0755. The normalized spacial score (nSPS) is 14.4. The highest BCUT2D eigenvalue weighted by Gasteiger charge is 2.31. The van der Waals surface area contributed by atoms with Crippen molar-refractivity contribution in [2.75, 3.05) is 11.9 Å². The molecule has 2 aromatic carbocycles. The Morgan fingerprint density at radius 1 is 1.20 bits per heavy atom. The number of benzene rings is 2. The Bertz CT molecular complexity index is 1770. The van der Waals surface area contributed by atoms with E-state index < -0.39 is 24.6 Å². The third-order valence-corrected chi connectivity index (χ3v) is 7.39. The lowest BCUT2D eigenvalue weighted by molar-refractivity contribution is -0.0499. The number of rotatable bonds is 6. The van der Waals surface area contributed by atoms with Crippen LogP contribution in [0.25, 0.3) is 31.7 Å². The molecular formula is C26H17ClF3N5O4S. The molecule has 0 unspecified atom stereocenters. The number of carbonyl (C=O) groups is 1. The number of hydrogen-bond donors (Lipinski definition) is 1. The van der Waals surface area contributed by atoms with Gasteiger partial charge in [0.15, 0.2) is 11.6 Å². The Labute approximate surface area is 232 Å². The second kappa shape index (κ2) is 10.4. The van der Waals surface area contributed by atoms with Crippen LogP contribution in [0.3, 0.4) is 0 Å². The Morgan fingerprint density at radius 2 is 2.00 bits per heavy atom. The second-order valence-corrected chi connectivity index (χ2v) is 10.2. The van der Waals surface area contributed by atoms with Gasteiger partial charge in [-0.1, -0.05) is 11.6 Å². The van der Waals surface area contributed by atoms with E-state index in [9.17, 15) is 18.0 Å². The maximum atomic E-state index is 15.0. The van der Waals surface area contributed by atoms with E-state index in [4.69, 9.17) is 21.1 Å². The summed E-state index contributed by atoms with van der Waals surface area (Å²) < 4.78 is 56.5. The van der Waals surface area contributed by atoms with E-state index in [2.05, 4.69) is 30.0 Å². The molecule has 3 aromatic heterocycles. The Hall–Kier alpha value is -4.23. The fourth-order valence-electron chi connectivity index (χ4n) is 4.34. The third-order valence-electron chi connectivity index (χ3n) is 6.00. The average molecular weight is 588 g/mol. The van der Waals surface area contributed by atoms with Gasteiger partial charge in [0.25, 0.3) is 0 Å². The topological polar surface area (TPSA) is 108 Å². The van der Waals surface area contributed by atoms with Gasteiger partial charge in [-0.05, 0) is 25.1 Å². The van der Waals surface area contributed by atoms with Gasteiger partial charge in [0, 0.05) is 34.0 Å². The first-order valence-corrected chi connectivity index (χ1v) is 13.0. The minimum Gasteiger partial charge on any atom is -0.483 e. The molecule has 4 heterocycles. The molecular weight excluding hydrogens is 571 g/mol. The maximum absolute atomic E-state index is 15.0. The van der Waals surface area contributed by atoms with Crippen LogP contribution in [0.5, 0.6) is 11.5 Å². The lowest BCUT2D eigenvalue weighted by atomic mass is 10.1. The standard InChI is InChI=1S/C26H17ClF3N5O4S/c1-11-31-7-14(8-32-11)34-26(36)37-10-16-5-18-22(38-16)19(28)6-20-23(18)40-24(35-20)17-4-13(27)2-12-3-15(39-25(29)30)9-33-21(12)17/h2-4,6-9,16,25H,5,10H2,1H3,(H,34,36)/t16-/m1/s1. The second-order valence-electron chi connectivity index (χ2n) is 8.79. The molecule has 0 spiro atoms. The van der Waals surface area contributed by atoms with E-state index in [-0.39, 0.29) is 24.5 Å². The molecule has 1 atom stereocenters. The van der Waals surface area contributed by atoms with Crippen molar-refractivity contribution >= 4 is 55.8 Å². The molecule has 1 N–H and O–H groups in total. The molecule has 5 aromatic rings. The van der Waals surface area contributed by atoms with E-state index >= 15 is 0 Å². The van der Waals surface area contributed by atoms with Gasteiger partial charge in [-0.3, -0.25) is 10.3 Å². The summed E-state index contributed by atoms with van der Waals surface area (Å²) in [5.74, 6) is -0.0623. The van der Waals surface area contributed by atoms with Crippen molar-refractivity contribution in [2.45, 2.75) is 26.1 Å². The summed E-state index contributed by atoms with van der Waals surface area (Å²) in [4.78, 5) is 29.1. The Balaban J connectivity index is 1.25. The summed E-state index contributed by atoms with van der Waals surface area (Å²) in [6.07, 6.45) is 3.05. The first-order chi connectivity index (χ1) is 19.2. The van der Waals surface area contributed by atoms with Crippen LogP contribution < -0.4 is 14.8 Å². The first kappa shape index (κ1) is 26.0. The van der Waals surface area contributed by atoms with Crippen molar-refractivity contribution in [3.8, 4) is 22.1 Å². The Morgan fingerprint density at radius 3 is 2.77 bits per heavy atom. The number of ether oxygens (including phenoxy) is 3. The van der Waals surface area contributed by atoms with Crippen molar-refractivity contribution in [3.63, 3.8) is 0 Å². The van der Waals surface area contributed by atoms with Crippen LogP contribution in [-0.2, 0) is 11.2 Å². The molecule has 14 heteroatoms. The molecule has 0 fully saturated rings. The van der Waals surface area contributed by atoms with Crippen LogP contribution in [0.1, 0.15) is 11.4 Å². The minimum atomic E-state index is -2.99. The quantitative estimate of drug-likeness (QED) is 0.238.